The maximum absolute atomic E-state index is 14.3. The van der Waals surface area contributed by atoms with E-state index in [1.54, 1.807) is 0 Å². The molecule has 2 aromatic carbocycles. The van der Waals surface area contributed by atoms with Gasteiger partial charge in [0, 0.05) is 6.42 Å². The van der Waals surface area contributed by atoms with E-state index in [1.807, 2.05) is 30.3 Å². The molecule has 3 aromatic rings. The van der Waals surface area contributed by atoms with E-state index in [-0.39, 0.29) is 18.3 Å². The average Bonchev–Trinajstić information content (AvgIpc) is 3.08. The lowest BCUT2D eigenvalue weighted by atomic mass is 10.0. The van der Waals surface area contributed by atoms with E-state index >= 15 is 0 Å². The van der Waals surface area contributed by atoms with E-state index in [4.69, 9.17) is 0 Å². The van der Waals surface area contributed by atoms with Crippen LogP contribution in [0.15, 0.2) is 59.4 Å². The Balaban J connectivity index is 1.85. The number of aromatic nitrogens is 3. The van der Waals surface area contributed by atoms with Crippen molar-refractivity contribution in [3.05, 3.63) is 82.3 Å². The van der Waals surface area contributed by atoms with E-state index < -0.39 is 17.7 Å². The Labute approximate surface area is 130 Å². The summed E-state index contributed by atoms with van der Waals surface area (Å²) in [4.78, 5) is 12.7. The van der Waals surface area contributed by atoms with Gasteiger partial charge in [-0.05, 0) is 29.8 Å². The van der Waals surface area contributed by atoms with E-state index in [0.29, 0.717) is 5.69 Å². The highest BCUT2D eigenvalue weighted by atomic mass is 19.1. The quantitative estimate of drug-likeness (QED) is 0.729. The van der Waals surface area contributed by atoms with Gasteiger partial charge in [-0.1, -0.05) is 30.3 Å². The summed E-state index contributed by atoms with van der Waals surface area (Å²) >= 11 is 0. The normalized spacial score (nSPS) is 19.7. The van der Waals surface area contributed by atoms with Crippen molar-refractivity contribution in [2.24, 2.45) is 0 Å². The summed E-state index contributed by atoms with van der Waals surface area (Å²) < 4.78 is 29.9. The summed E-state index contributed by atoms with van der Waals surface area (Å²) in [5.41, 5.74) is 0.868. The molecule has 0 amide bonds. The fourth-order valence-electron chi connectivity index (χ4n) is 3.02. The Bertz CT molecular complexity index is 900. The Morgan fingerprint density at radius 3 is 2.43 bits per heavy atom. The van der Waals surface area contributed by atoms with Crippen LogP contribution >= 0.6 is 0 Å². The van der Waals surface area contributed by atoms with Crippen LogP contribution in [0.4, 0.5) is 8.78 Å². The highest BCUT2D eigenvalue weighted by Crippen LogP contribution is 2.38. The monoisotopic (exact) mass is 313 g/mol. The SMILES string of the molecule is O=c1n(-c2ccc(F)cc2)nc2n1[C@H](c1ccccc1)C[C@@H]2F. The van der Waals surface area contributed by atoms with E-state index in [9.17, 15) is 13.6 Å². The van der Waals surface area contributed by atoms with Crippen LogP contribution in [0, 0.1) is 5.82 Å². The first-order valence-electron chi connectivity index (χ1n) is 7.31. The van der Waals surface area contributed by atoms with Crippen LogP contribution in [0.25, 0.3) is 5.69 Å². The van der Waals surface area contributed by atoms with Crippen LogP contribution in [-0.4, -0.2) is 14.3 Å². The maximum atomic E-state index is 14.3. The van der Waals surface area contributed by atoms with Crippen LogP contribution in [0.1, 0.15) is 30.0 Å². The summed E-state index contributed by atoms with van der Waals surface area (Å²) in [5.74, 6) is -0.285. The first-order chi connectivity index (χ1) is 11.1. The molecular formula is C17H13F2N3O. The van der Waals surface area contributed by atoms with Gasteiger partial charge in [-0.2, -0.15) is 4.68 Å². The van der Waals surface area contributed by atoms with Crippen LogP contribution in [-0.2, 0) is 0 Å². The standard InChI is InChI=1S/C17H13F2N3O/c18-12-6-8-13(9-7-12)22-17(23)21-15(10-14(19)16(21)20-22)11-4-2-1-3-5-11/h1-9,14-15H,10H2/t14-,15-/m0/s1. The third kappa shape index (κ3) is 2.18. The van der Waals surface area contributed by atoms with Crippen molar-refractivity contribution < 1.29 is 8.78 Å². The molecular weight excluding hydrogens is 300 g/mol. The van der Waals surface area contributed by atoms with Crippen molar-refractivity contribution in [2.75, 3.05) is 0 Å². The lowest BCUT2D eigenvalue weighted by molar-refractivity contribution is 0.325. The zero-order valence-electron chi connectivity index (χ0n) is 12.1. The van der Waals surface area contributed by atoms with Gasteiger partial charge < -0.3 is 0 Å². The molecule has 1 aliphatic heterocycles. The molecule has 4 nitrogen and oxygen atoms in total. The van der Waals surface area contributed by atoms with Gasteiger partial charge in [0.1, 0.15) is 5.82 Å². The van der Waals surface area contributed by atoms with Crippen molar-refractivity contribution >= 4 is 0 Å². The number of rotatable bonds is 2. The summed E-state index contributed by atoms with van der Waals surface area (Å²) in [6, 6.07) is 14.3. The van der Waals surface area contributed by atoms with E-state index in [0.717, 1.165) is 10.2 Å². The van der Waals surface area contributed by atoms with Gasteiger partial charge in [0.25, 0.3) is 0 Å². The molecule has 2 heterocycles. The fourth-order valence-corrected chi connectivity index (χ4v) is 3.02. The van der Waals surface area contributed by atoms with Crippen molar-refractivity contribution in [1.29, 1.82) is 0 Å². The number of fused-ring (bicyclic) bond motifs is 1. The minimum absolute atomic E-state index is 0.119. The summed E-state index contributed by atoms with van der Waals surface area (Å²) in [7, 11) is 0. The van der Waals surface area contributed by atoms with Crippen LogP contribution < -0.4 is 5.69 Å². The molecule has 0 saturated heterocycles. The number of halogens is 2. The Hall–Kier alpha value is -2.76. The first kappa shape index (κ1) is 13.9. The molecule has 1 aromatic heterocycles. The van der Waals surface area contributed by atoms with Crippen LogP contribution in [0.2, 0.25) is 0 Å². The van der Waals surface area contributed by atoms with Gasteiger partial charge in [0.15, 0.2) is 12.0 Å². The topological polar surface area (TPSA) is 39.8 Å². The smallest absolute Gasteiger partial charge is 0.268 e. The molecule has 0 radical (unpaired) electrons. The van der Waals surface area contributed by atoms with Crippen molar-refractivity contribution in [3.8, 4) is 5.69 Å². The third-order valence-corrected chi connectivity index (χ3v) is 4.11. The second-order valence-corrected chi connectivity index (χ2v) is 5.53. The van der Waals surface area contributed by atoms with Crippen LogP contribution in [0.3, 0.4) is 0 Å². The molecule has 0 fully saturated rings. The molecule has 4 rings (SSSR count). The number of nitrogens with zero attached hydrogens (tertiary/aromatic N) is 3. The van der Waals surface area contributed by atoms with Gasteiger partial charge in [-0.15, -0.1) is 5.10 Å². The second-order valence-electron chi connectivity index (χ2n) is 5.53. The molecule has 0 saturated carbocycles. The van der Waals surface area contributed by atoms with E-state index in [1.165, 1.54) is 28.8 Å². The molecule has 6 heteroatoms. The van der Waals surface area contributed by atoms with Gasteiger partial charge in [-0.3, -0.25) is 4.57 Å². The van der Waals surface area contributed by atoms with Gasteiger partial charge >= 0.3 is 5.69 Å². The lowest BCUT2D eigenvalue weighted by Crippen LogP contribution is -2.26. The average molecular weight is 313 g/mol. The number of benzene rings is 2. The molecule has 0 bridgehead atoms. The van der Waals surface area contributed by atoms with Gasteiger partial charge in [0.05, 0.1) is 11.7 Å². The molecule has 0 aliphatic carbocycles. The number of hydrogen-bond donors (Lipinski definition) is 0. The first-order valence-corrected chi connectivity index (χ1v) is 7.31. The minimum Gasteiger partial charge on any atom is -0.268 e. The molecule has 1 aliphatic rings. The predicted molar refractivity (Wildman–Crippen MR) is 80.8 cm³/mol. The molecule has 0 N–H and O–H groups in total. The highest BCUT2D eigenvalue weighted by molar-refractivity contribution is 5.32. The third-order valence-electron chi connectivity index (χ3n) is 4.11. The molecule has 0 spiro atoms. The Kier molecular flexibility index (Phi) is 3.11. The van der Waals surface area contributed by atoms with Gasteiger partial charge in [-0.25, -0.2) is 13.6 Å². The minimum atomic E-state index is -1.30. The van der Waals surface area contributed by atoms with Crippen molar-refractivity contribution in [3.63, 3.8) is 0 Å². The molecule has 23 heavy (non-hydrogen) atoms. The van der Waals surface area contributed by atoms with Gasteiger partial charge in [0.2, 0.25) is 0 Å². The van der Waals surface area contributed by atoms with Crippen molar-refractivity contribution in [1.82, 2.24) is 14.3 Å². The Morgan fingerprint density at radius 1 is 1.04 bits per heavy atom. The van der Waals surface area contributed by atoms with Crippen molar-refractivity contribution in [2.45, 2.75) is 18.6 Å². The number of alkyl halides is 1. The molecule has 0 unspecified atom stereocenters. The molecule has 116 valence electrons. The zero-order chi connectivity index (χ0) is 16.0. The Morgan fingerprint density at radius 2 is 1.74 bits per heavy atom. The predicted octanol–water partition coefficient (Wildman–Crippen LogP) is 3.18. The molecule has 2 atom stereocenters. The summed E-state index contributed by atoms with van der Waals surface area (Å²) in [6.07, 6.45) is -1.10. The van der Waals surface area contributed by atoms with Crippen LogP contribution in [0.5, 0.6) is 0 Å². The lowest BCUT2D eigenvalue weighted by Gasteiger charge is -2.11. The fraction of sp³-hybridized carbons (Fsp3) is 0.176. The maximum Gasteiger partial charge on any atom is 0.351 e. The largest absolute Gasteiger partial charge is 0.351 e. The van der Waals surface area contributed by atoms with E-state index in [2.05, 4.69) is 5.10 Å². The number of hydrogen-bond acceptors (Lipinski definition) is 2. The zero-order valence-corrected chi connectivity index (χ0v) is 12.1. The second kappa shape index (κ2) is 5.15. The summed E-state index contributed by atoms with van der Waals surface area (Å²) in [6.45, 7) is 0. The highest BCUT2D eigenvalue weighted by Gasteiger charge is 2.36. The summed E-state index contributed by atoms with van der Waals surface area (Å²) in [5, 5.41) is 4.12.